The van der Waals surface area contributed by atoms with Gasteiger partial charge in [0, 0.05) is 42.7 Å². The molecule has 0 aliphatic carbocycles. The van der Waals surface area contributed by atoms with Crippen molar-refractivity contribution >= 4 is 44.7 Å². The van der Waals surface area contributed by atoms with Crippen molar-refractivity contribution in [3.63, 3.8) is 0 Å². The zero-order chi connectivity index (χ0) is 26.2. The Morgan fingerprint density at radius 2 is 1.78 bits per heavy atom. The van der Waals surface area contributed by atoms with Gasteiger partial charge in [0.05, 0.1) is 28.4 Å². The van der Waals surface area contributed by atoms with Crippen LogP contribution in [0.3, 0.4) is 0 Å². The van der Waals surface area contributed by atoms with Gasteiger partial charge in [-0.15, -0.1) is 0 Å². The normalized spacial score (nSPS) is 28.6. The molecule has 9 nitrogen and oxygen atoms in total. The van der Waals surface area contributed by atoms with E-state index in [1.54, 1.807) is 18.2 Å². The van der Waals surface area contributed by atoms with Crippen LogP contribution in [0.4, 0.5) is 17.3 Å². The molecule has 0 radical (unpaired) electrons. The summed E-state index contributed by atoms with van der Waals surface area (Å²) < 4.78 is 23.5. The molecule has 0 bridgehead atoms. The molecule has 0 spiro atoms. The van der Waals surface area contributed by atoms with Crippen LogP contribution in [-0.2, 0) is 20.0 Å². The number of piperazine rings is 1. The summed E-state index contributed by atoms with van der Waals surface area (Å²) >= 11 is 6.38. The fraction of sp³-hybridized carbons (Fsp3) is 0.600. The SMILES string of the molecule is Cc1ncc(N2CC(C)(C)c3c2ncnc3N2C[C@@H](C)N(C(=O)[C@]3(C)CCS3(=O)=O)C[C@@H]2C)cc1Cl. The molecule has 2 saturated heterocycles. The van der Waals surface area contributed by atoms with Crippen LogP contribution in [0.25, 0.3) is 0 Å². The van der Waals surface area contributed by atoms with E-state index in [0.717, 1.165) is 28.6 Å². The number of hydrogen-bond donors (Lipinski definition) is 0. The predicted molar refractivity (Wildman–Crippen MR) is 141 cm³/mol. The highest BCUT2D eigenvalue weighted by Gasteiger charge is 2.57. The first kappa shape index (κ1) is 25.2. The van der Waals surface area contributed by atoms with Gasteiger partial charge in [0.25, 0.3) is 0 Å². The molecule has 2 aromatic heterocycles. The Labute approximate surface area is 217 Å². The zero-order valence-electron chi connectivity index (χ0n) is 21.6. The van der Waals surface area contributed by atoms with E-state index in [0.29, 0.717) is 31.1 Å². The molecule has 3 aliphatic heterocycles. The molecule has 5 heterocycles. The minimum absolute atomic E-state index is 0.0455. The third kappa shape index (κ3) is 3.67. The summed E-state index contributed by atoms with van der Waals surface area (Å²) in [6.07, 6.45) is 3.79. The van der Waals surface area contributed by atoms with Gasteiger partial charge in [-0.25, -0.2) is 18.4 Å². The monoisotopic (exact) mass is 532 g/mol. The number of pyridine rings is 1. The molecule has 3 atom stereocenters. The van der Waals surface area contributed by atoms with E-state index in [2.05, 4.69) is 40.5 Å². The van der Waals surface area contributed by atoms with Crippen LogP contribution < -0.4 is 9.80 Å². The number of carbonyl (C=O) groups excluding carboxylic acids is 1. The van der Waals surface area contributed by atoms with Gasteiger partial charge in [-0.1, -0.05) is 25.4 Å². The van der Waals surface area contributed by atoms with Gasteiger partial charge in [-0.3, -0.25) is 9.78 Å². The van der Waals surface area contributed by atoms with E-state index < -0.39 is 14.6 Å². The van der Waals surface area contributed by atoms with Crippen molar-refractivity contribution in [2.45, 2.75) is 70.2 Å². The van der Waals surface area contributed by atoms with Gasteiger partial charge in [-0.05, 0) is 40.2 Å². The molecule has 5 rings (SSSR count). The number of aryl methyl sites for hydroxylation is 1. The molecule has 194 valence electrons. The number of anilines is 3. The molecule has 3 aliphatic rings. The lowest BCUT2D eigenvalue weighted by Gasteiger charge is -2.49. The summed E-state index contributed by atoms with van der Waals surface area (Å²) in [5.41, 5.74) is 2.47. The topological polar surface area (TPSA) is 99.6 Å². The summed E-state index contributed by atoms with van der Waals surface area (Å²) in [6, 6.07) is 1.71. The number of aromatic nitrogens is 3. The van der Waals surface area contributed by atoms with E-state index >= 15 is 0 Å². The number of amides is 1. The fourth-order valence-electron chi connectivity index (χ4n) is 5.62. The Morgan fingerprint density at radius 1 is 1.08 bits per heavy atom. The molecule has 11 heteroatoms. The number of nitrogens with zero attached hydrogens (tertiary/aromatic N) is 6. The van der Waals surface area contributed by atoms with Crippen molar-refractivity contribution in [2.75, 3.05) is 35.2 Å². The van der Waals surface area contributed by atoms with Crippen molar-refractivity contribution in [3.8, 4) is 0 Å². The molecule has 0 aromatic carbocycles. The highest BCUT2D eigenvalue weighted by atomic mass is 35.5. The summed E-state index contributed by atoms with van der Waals surface area (Å²) in [6.45, 7) is 13.5. The van der Waals surface area contributed by atoms with Crippen LogP contribution in [0.1, 0.15) is 52.3 Å². The smallest absolute Gasteiger partial charge is 0.244 e. The van der Waals surface area contributed by atoms with Gasteiger partial charge in [0.2, 0.25) is 5.91 Å². The molecule has 1 amide bonds. The van der Waals surface area contributed by atoms with Crippen molar-refractivity contribution < 1.29 is 13.2 Å². The Hall–Kier alpha value is -2.46. The summed E-state index contributed by atoms with van der Waals surface area (Å²) in [5, 5.41) is 0.610. The fourth-order valence-corrected chi connectivity index (χ4v) is 7.32. The molecule has 0 unspecified atom stereocenters. The third-order valence-corrected chi connectivity index (χ3v) is 11.0. The minimum atomic E-state index is -3.38. The Morgan fingerprint density at radius 3 is 2.39 bits per heavy atom. The lowest BCUT2D eigenvalue weighted by molar-refractivity contribution is -0.137. The number of halogens is 1. The Balaban J connectivity index is 1.47. The summed E-state index contributed by atoms with van der Waals surface area (Å²) in [7, 11) is -3.38. The number of fused-ring (bicyclic) bond motifs is 1. The molecular weight excluding hydrogens is 500 g/mol. The van der Waals surface area contributed by atoms with Crippen LogP contribution in [0.2, 0.25) is 5.02 Å². The largest absolute Gasteiger partial charge is 0.350 e. The van der Waals surface area contributed by atoms with Crippen LogP contribution in [0.5, 0.6) is 0 Å². The van der Waals surface area contributed by atoms with Gasteiger partial charge in [-0.2, -0.15) is 0 Å². The Bertz CT molecular complexity index is 1350. The second-order valence-corrected chi connectivity index (χ2v) is 14.2. The molecule has 2 fully saturated rings. The van der Waals surface area contributed by atoms with E-state index in [-0.39, 0.29) is 29.2 Å². The summed E-state index contributed by atoms with van der Waals surface area (Å²) in [4.78, 5) is 33.3. The quantitative estimate of drug-likeness (QED) is 0.594. The first-order valence-electron chi connectivity index (χ1n) is 12.3. The van der Waals surface area contributed by atoms with Crippen LogP contribution in [0, 0.1) is 6.92 Å². The summed E-state index contributed by atoms with van der Waals surface area (Å²) in [5.74, 6) is 1.49. The lowest BCUT2D eigenvalue weighted by Crippen LogP contribution is -2.66. The van der Waals surface area contributed by atoms with E-state index in [9.17, 15) is 13.2 Å². The Kier molecular flexibility index (Phi) is 5.79. The maximum absolute atomic E-state index is 13.3. The maximum Gasteiger partial charge on any atom is 0.244 e. The van der Waals surface area contributed by atoms with E-state index in [4.69, 9.17) is 16.6 Å². The minimum Gasteiger partial charge on any atom is -0.350 e. The first-order valence-corrected chi connectivity index (χ1v) is 14.3. The van der Waals surface area contributed by atoms with E-state index in [1.807, 2.05) is 26.1 Å². The number of sulfone groups is 1. The van der Waals surface area contributed by atoms with Gasteiger partial charge >= 0.3 is 0 Å². The zero-order valence-corrected chi connectivity index (χ0v) is 23.2. The van der Waals surface area contributed by atoms with Gasteiger partial charge in [0.15, 0.2) is 9.84 Å². The lowest BCUT2D eigenvalue weighted by atomic mass is 9.87. The molecule has 2 aromatic rings. The second-order valence-electron chi connectivity index (χ2n) is 11.2. The molecule has 36 heavy (non-hydrogen) atoms. The molecule has 0 saturated carbocycles. The van der Waals surface area contributed by atoms with Crippen molar-refractivity contribution in [2.24, 2.45) is 0 Å². The highest BCUT2D eigenvalue weighted by Crippen LogP contribution is 2.47. The van der Waals surface area contributed by atoms with Crippen molar-refractivity contribution in [1.29, 1.82) is 0 Å². The molecule has 0 N–H and O–H groups in total. The van der Waals surface area contributed by atoms with Crippen molar-refractivity contribution in [1.82, 2.24) is 19.9 Å². The third-order valence-electron chi connectivity index (χ3n) is 8.12. The average molecular weight is 533 g/mol. The van der Waals surface area contributed by atoms with Crippen LogP contribution in [-0.4, -0.2) is 76.4 Å². The standard InChI is InChI=1S/C25H33ClN6O3S/c1-15-12-31(23(33)25(6)7-8-36(25,34)35)16(2)11-30(15)21-20-22(29-14-28-21)32(13-24(20,4)5)18-9-19(26)17(3)27-10-18/h9-10,14-16H,7-8,11-13H2,1-6H3/t15-,16+,25-/m0/s1. The average Bonchev–Trinajstić information content (AvgIpc) is 3.11. The molecular formula is C25H33ClN6O3S. The maximum atomic E-state index is 13.3. The van der Waals surface area contributed by atoms with Crippen molar-refractivity contribution in [3.05, 3.63) is 34.9 Å². The number of carbonyl (C=O) groups is 1. The van der Waals surface area contributed by atoms with Gasteiger partial charge in [0.1, 0.15) is 22.7 Å². The predicted octanol–water partition coefficient (Wildman–Crippen LogP) is 3.27. The van der Waals surface area contributed by atoms with E-state index in [1.165, 1.54) is 0 Å². The number of rotatable bonds is 3. The second kappa shape index (κ2) is 8.28. The van der Waals surface area contributed by atoms with Crippen LogP contribution >= 0.6 is 11.6 Å². The van der Waals surface area contributed by atoms with Crippen LogP contribution in [0.15, 0.2) is 18.6 Å². The van der Waals surface area contributed by atoms with Gasteiger partial charge < -0.3 is 14.7 Å². The number of hydrogen-bond acceptors (Lipinski definition) is 8. The highest BCUT2D eigenvalue weighted by molar-refractivity contribution is 7.95. The first-order chi connectivity index (χ1) is 16.8.